The topological polar surface area (TPSA) is 104 Å². The Morgan fingerprint density at radius 3 is 2.50 bits per heavy atom. The molecule has 8 heteroatoms. The minimum atomic E-state index is -3.98. The van der Waals surface area contributed by atoms with E-state index in [0.717, 1.165) is 11.3 Å². The van der Waals surface area contributed by atoms with Gasteiger partial charge in [0.15, 0.2) is 0 Å². The Kier molecular flexibility index (Phi) is 4.16. The van der Waals surface area contributed by atoms with Crippen LogP contribution in [0.4, 0.5) is 0 Å². The van der Waals surface area contributed by atoms with E-state index < -0.39 is 27.6 Å². The molecule has 1 unspecified atom stereocenters. The molecule has 1 aromatic rings. The molecular weight excluding hydrogens is 278 g/mol. The van der Waals surface area contributed by atoms with Crippen LogP contribution >= 0.6 is 11.3 Å². The van der Waals surface area contributed by atoms with Gasteiger partial charge in [-0.15, -0.1) is 11.3 Å². The average Bonchev–Trinajstić information content (AvgIpc) is 2.64. The van der Waals surface area contributed by atoms with E-state index in [-0.39, 0.29) is 9.77 Å². The van der Waals surface area contributed by atoms with E-state index in [0.29, 0.717) is 0 Å². The molecular formula is C10H15NO5S2. The quantitative estimate of drug-likeness (QED) is 0.748. The Bertz CT molecular complexity index is 544. The van der Waals surface area contributed by atoms with Crippen molar-refractivity contribution in [1.82, 2.24) is 4.72 Å². The molecule has 0 aliphatic carbocycles. The van der Waals surface area contributed by atoms with Gasteiger partial charge in [0.05, 0.1) is 11.6 Å². The Balaban J connectivity index is 3.16. The maximum atomic E-state index is 12.1. The number of hydrogen-bond acceptors (Lipinski definition) is 5. The van der Waals surface area contributed by atoms with E-state index in [9.17, 15) is 18.3 Å². The molecule has 0 saturated carbocycles. The highest BCUT2D eigenvalue weighted by atomic mass is 32.2. The van der Waals surface area contributed by atoms with Crippen LogP contribution in [0.2, 0.25) is 0 Å². The summed E-state index contributed by atoms with van der Waals surface area (Å²) in [7, 11) is -3.98. The second kappa shape index (κ2) is 4.96. The number of hydrogen-bond donors (Lipinski definition) is 3. The first-order valence-corrected chi connectivity index (χ1v) is 7.47. The molecule has 1 heterocycles. The Hall–Kier alpha value is -0.960. The van der Waals surface area contributed by atoms with Crippen molar-refractivity contribution in [2.45, 2.75) is 37.3 Å². The number of nitrogens with one attached hydrogen (secondary N) is 1. The number of rotatable bonds is 5. The third-order valence-electron chi connectivity index (χ3n) is 2.55. The maximum Gasteiger partial charge on any atom is 0.347 e. The number of sulfonamides is 1. The fraction of sp³-hybridized carbons (Fsp3) is 0.500. The summed E-state index contributed by atoms with van der Waals surface area (Å²) in [6.07, 6.45) is -0.917. The van der Waals surface area contributed by atoms with E-state index in [1.807, 2.05) is 0 Å². The zero-order chi connectivity index (χ0) is 14.1. The van der Waals surface area contributed by atoms with E-state index in [1.165, 1.54) is 32.2 Å². The van der Waals surface area contributed by atoms with Crippen LogP contribution in [0.5, 0.6) is 0 Å². The number of aliphatic hydroxyl groups excluding tert-OH is 1. The van der Waals surface area contributed by atoms with Gasteiger partial charge < -0.3 is 10.2 Å². The summed E-state index contributed by atoms with van der Waals surface area (Å²) in [5, 5.41) is 19.8. The summed E-state index contributed by atoms with van der Waals surface area (Å²) >= 11 is 0.838. The summed E-state index contributed by atoms with van der Waals surface area (Å²) in [6, 6.07) is 1.23. The molecule has 0 spiro atoms. The highest BCUT2D eigenvalue weighted by molar-refractivity contribution is 7.89. The molecule has 0 radical (unpaired) electrons. The summed E-state index contributed by atoms with van der Waals surface area (Å²) in [6.45, 7) is 4.48. The van der Waals surface area contributed by atoms with Gasteiger partial charge in [0.25, 0.3) is 0 Å². The molecule has 0 fully saturated rings. The summed E-state index contributed by atoms with van der Waals surface area (Å²) in [5.41, 5.74) is -1.09. The lowest BCUT2D eigenvalue weighted by Gasteiger charge is -2.28. The number of thiophene rings is 1. The van der Waals surface area contributed by atoms with Crippen molar-refractivity contribution in [2.24, 2.45) is 0 Å². The van der Waals surface area contributed by atoms with Gasteiger partial charge in [-0.2, -0.15) is 0 Å². The average molecular weight is 293 g/mol. The number of carboxylic acids is 1. The van der Waals surface area contributed by atoms with Gasteiger partial charge in [0.2, 0.25) is 10.0 Å². The minimum Gasteiger partial charge on any atom is -0.477 e. The zero-order valence-electron chi connectivity index (χ0n) is 10.2. The van der Waals surface area contributed by atoms with Crippen LogP contribution in [0, 0.1) is 0 Å². The molecule has 1 atom stereocenters. The van der Waals surface area contributed by atoms with Crippen LogP contribution in [-0.2, 0) is 10.0 Å². The standard InChI is InChI=1S/C10H15NO5S2/c1-6(12)10(2,3)11-18(15,16)7-4-5-17-8(7)9(13)14/h4-6,11-12H,1-3H3,(H,13,14). The van der Waals surface area contributed by atoms with E-state index in [1.54, 1.807) is 0 Å². The van der Waals surface area contributed by atoms with Crippen molar-refractivity contribution in [3.8, 4) is 0 Å². The molecule has 18 heavy (non-hydrogen) atoms. The van der Waals surface area contributed by atoms with E-state index in [2.05, 4.69) is 4.72 Å². The summed E-state index contributed by atoms with van der Waals surface area (Å²) in [4.78, 5) is 10.4. The van der Waals surface area contributed by atoms with Crippen molar-refractivity contribution in [1.29, 1.82) is 0 Å². The molecule has 0 aliphatic rings. The molecule has 0 aliphatic heterocycles. The molecule has 0 amide bonds. The highest BCUT2D eigenvalue weighted by Gasteiger charge is 2.33. The van der Waals surface area contributed by atoms with Gasteiger partial charge in [-0.3, -0.25) is 0 Å². The van der Waals surface area contributed by atoms with Crippen LogP contribution in [0.15, 0.2) is 16.3 Å². The highest BCUT2D eigenvalue weighted by Crippen LogP contribution is 2.23. The zero-order valence-corrected chi connectivity index (χ0v) is 11.8. The Labute approximate surface area is 109 Å². The van der Waals surface area contributed by atoms with Crippen LogP contribution < -0.4 is 4.72 Å². The Morgan fingerprint density at radius 2 is 2.06 bits per heavy atom. The number of aliphatic hydroxyl groups is 1. The predicted molar refractivity (Wildman–Crippen MR) is 67.4 cm³/mol. The van der Waals surface area contributed by atoms with Crippen molar-refractivity contribution in [3.63, 3.8) is 0 Å². The molecule has 0 bridgehead atoms. The minimum absolute atomic E-state index is 0.246. The van der Waals surface area contributed by atoms with Gasteiger partial charge in [-0.05, 0) is 32.2 Å². The normalized spacial score (nSPS) is 14.4. The number of carbonyl (C=O) groups is 1. The largest absolute Gasteiger partial charge is 0.477 e. The second-order valence-corrected chi connectivity index (χ2v) is 6.99. The van der Waals surface area contributed by atoms with Gasteiger partial charge >= 0.3 is 5.97 Å². The van der Waals surface area contributed by atoms with Crippen molar-refractivity contribution in [2.75, 3.05) is 0 Å². The van der Waals surface area contributed by atoms with Crippen molar-refractivity contribution in [3.05, 3.63) is 16.3 Å². The molecule has 0 aromatic carbocycles. The lowest BCUT2D eigenvalue weighted by Crippen LogP contribution is -2.50. The van der Waals surface area contributed by atoms with Crippen LogP contribution in [-0.4, -0.2) is 36.2 Å². The Morgan fingerprint density at radius 1 is 1.50 bits per heavy atom. The lowest BCUT2D eigenvalue weighted by molar-refractivity contribution is 0.0698. The third kappa shape index (κ3) is 3.08. The fourth-order valence-electron chi connectivity index (χ4n) is 1.15. The maximum absolute atomic E-state index is 12.1. The van der Waals surface area contributed by atoms with Gasteiger partial charge in [0, 0.05) is 0 Å². The van der Waals surface area contributed by atoms with Gasteiger partial charge in [-0.25, -0.2) is 17.9 Å². The number of carboxylic acid groups (broad SMARTS) is 1. The van der Waals surface area contributed by atoms with Gasteiger partial charge in [-0.1, -0.05) is 0 Å². The van der Waals surface area contributed by atoms with Crippen LogP contribution in [0.3, 0.4) is 0 Å². The fourth-order valence-corrected chi connectivity index (χ4v) is 3.89. The molecule has 0 saturated heterocycles. The van der Waals surface area contributed by atoms with Crippen LogP contribution in [0.1, 0.15) is 30.4 Å². The molecule has 102 valence electrons. The summed E-state index contributed by atoms with van der Waals surface area (Å²) < 4.78 is 26.4. The van der Waals surface area contributed by atoms with Gasteiger partial charge in [0.1, 0.15) is 9.77 Å². The van der Waals surface area contributed by atoms with Crippen molar-refractivity contribution < 1.29 is 23.4 Å². The SMILES string of the molecule is CC(O)C(C)(C)NS(=O)(=O)c1ccsc1C(=O)O. The predicted octanol–water partition coefficient (Wildman–Crippen LogP) is 0.884. The molecule has 1 rings (SSSR count). The second-order valence-electron chi connectivity index (χ2n) is 4.42. The first-order chi connectivity index (χ1) is 8.08. The first kappa shape index (κ1) is 15.1. The lowest BCUT2D eigenvalue weighted by atomic mass is 10.0. The van der Waals surface area contributed by atoms with Crippen LogP contribution in [0.25, 0.3) is 0 Å². The molecule has 1 aromatic heterocycles. The first-order valence-electron chi connectivity index (χ1n) is 5.11. The monoisotopic (exact) mass is 293 g/mol. The summed E-state index contributed by atoms with van der Waals surface area (Å²) in [5.74, 6) is -1.29. The third-order valence-corrected chi connectivity index (χ3v) is 5.30. The smallest absolute Gasteiger partial charge is 0.347 e. The van der Waals surface area contributed by atoms with E-state index in [4.69, 9.17) is 5.11 Å². The molecule has 3 N–H and O–H groups in total. The van der Waals surface area contributed by atoms with E-state index >= 15 is 0 Å². The van der Waals surface area contributed by atoms with Crippen molar-refractivity contribution >= 4 is 27.3 Å². The number of aromatic carboxylic acids is 1. The molecule has 6 nitrogen and oxygen atoms in total.